The summed E-state index contributed by atoms with van der Waals surface area (Å²) in [5.74, 6) is -1.54. The van der Waals surface area contributed by atoms with Crippen LogP contribution in [0.3, 0.4) is 0 Å². The molecule has 3 aliphatic heterocycles. The van der Waals surface area contributed by atoms with Crippen molar-refractivity contribution in [2.75, 3.05) is 113 Å². The predicted molar refractivity (Wildman–Crippen MR) is 392 cm³/mol. The molecule has 0 N–H and O–H groups in total. The van der Waals surface area contributed by atoms with Crippen molar-refractivity contribution in [1.82, 2.24) is 34.3 Å². The van der Waals surface area contributed by atoms with Crippen molar-refractivity contribution in [1.29, 1.82) is 0 Å². The lowest BCUT2D eigenvalue weighted by molar-refractivity contribution is -0.150. The molecule has 0 saturated carbocycles. The van der Waals surface area contributed by atoms with Crippen LogP contribution < -0.4 is 0 Å². The molecule has 0 bridgehead atoms. The van der Waals surface area contributed by atoms with Gasteiger partial charge in [-0.2, -0.15) is 26.3 Å². The number of piperidine rings is 2. The van der Waals surface area contributed by atoms with Crippen molar-refractivity contribution in [3.8, 4) is 11.1 Å². The highest BCUT2D eigenvalue weighted by Gasteiger charge is 2.50. The minimum absolute atomic E-state index is 0.0147. The number of carbonyl (C=O) groups excluding carboxylic acids is 5. The lowest BCUT2D eigenvalue weighted by Crippen LogP contribution is -2.49. The molecular formula is C83H104F7N7O8. The Labute approximate surface area is 614 Å². The van der Waals surface area contributed by atoms with Gasteiger partial charge in [0.25, 0.3) is 11.8 Å². The van der Waals surface area contributed by atoms with E-state index in [9.17, 15) is 54.7 Å². The second kappa shape index (κ2) is 36.5. The number of hydrogen-bond donors (Lipinski definition) is 0. The topological polar surface area (TPSA) is 136 Å². The van der Waals surface area contributed by atoms with Crippen molar-refractivity contribution >= 4 is 29.6 Å². The number of halogens is 7. The van der Waals surface area contributed by atoms with Crippen molar-refractivity contribution in [3.63, 3.8) is 0 Å². The van der Waals surface area contributed by atoms with E-state index in [2.05, 4.69) is 84.9 Å². The van der Waals surface area contributed by atoms with Gasteiger partial charge in [0.2, 0.25) is 11.8 Å². The Balaban J connectivity index is 0.000000243. The normalized spacial score (nSPS) is 17.8. The van der Waals surface area contributed by atoms with E-state index in [1.165, 1.54) is 41.0 Å². The van der Waals surface area contributed by atoms with Gasteiger partial charge in [-0.3, -0.25) is 28.9 Å². The highest BCUT2D eigenvalue weighted by molar-refractivity contribution is 5.95. The second-order valence-corrected chi connectivity index (χ2v) is 29.9. The van der Waals surface area contributed by atoms with Crippen LogP contribution in [0.5, 0.6) is 0 Å². The highest BCUT2D eigenvalue weighted by atomic mass is 19.4. The lowest BCUT2D eigenvalue weighted by atomic mass is 9.72. The first-order chi connectivity index (χ1) is 50.0. The number of nitrogens with zero attached hydrogens (tertiary/aromatic N) is 7. The van der Waals surface area contributed by atoms with E-state index in [1.54, 1.807) is 16.8 Å². The molecule has 4 aliphatic rings. The van der Waals surface area contributed by atoms with E-state index in [0.29, 0.717) is 69.7 Å². The molecule has 10 rings (SSSR count). The van der Waals surface area contributed by atoms with Gasteiger partial charge in [0.1, 0.15) is 30.9 Å². The third-order valence-corrected chi connectivity index (χ3v) is 20.9. The zero-order valence-electron chi connectivity index (χ0n) is 62.1. The number of carbonyl (C=O) groups is 5. The van der Waals surface area contributed by atoms with Crippen LogP contribution in [-0.4, -0.2) is 189 Å². The van der Waals surface area contributed by atoms with E-state index < -0.39 is 53.1 Å². The minimum Gasteiger partial charge on any atom is -0.462 e. The zero-order valence-corrected chi connectivity index (χ0v) is 62.1. The standard InChI is InChI=1S/C45H64N4O4.C38H40F7N3O4/c1-7-27-47(6)44(52)38-23-21-36(22-24-38)34-49(35-45(2,3)4)28-15-9-12-20-42(50)46(5)31-32-48-29-25-40(26-30-48)53-43(51)33-39-18-13-14-19-41(39)37-16-10-8-11-17-37;1-3-46(2)33(49)22-51-32-20-25-6-4-5-7-31(25)35(32)12-15-47(16-13-35)17-14-36(27-8-10-30(39)11-9-27)23-48(24-52-36)34(50)26-18-28(37(40,41)42)21-29(19-26)38(43,44)45/h8,10-11,13-14,16-19,21-24,40H,7,9,12,15,20,25-35H2,1-6H3;4-11,18-19,21,32H,3,12-17,20,22-24H2,1-2H3/t;32-,36-/m.0/s1. The summed E-state index contributed by atoms with van der Waals surface area (Å²) in [6.45, 7) is 19.4. The molecule has 0 radical (unpaired) electrons. The number of ether oxygens (including phenoxy) is 3. The van der Waals surface area contributed by atoms with Gasteiger partial charge in [0, 0.05) is 103 Å². The van der Waals surface area contributed by atoms with Crippen LogP contribution in [0.15, 0.2) is 146 Å². The summed E-state index contributed by atoms with van der Waals surface area (Å²) in [6, 6.07) is 40.8. The smallest absolute Gasteiger partial charge is 0.416 e. The number of amides is 4. The van der Waals surface area contributed by atoms with Gasteiger partial charge in [0.05, 0.1) is 30.2 Å². The van der Waals surface area contributed by atoms with Crippen LogP contribution >= 0.6 is 0 Å². The molecule has 15 nitrogen and oxygen atoms in total. The number of likely N-dealkylation sites (N-methyl/N-ethyl adjacent to an activating group) is 2. The maximum absolute atomic E-state index is 14.0. The molecule has 6 aromatic carbocycles. The van der Waals surface area contributed by atoms with E-state index in [-0.39, 0.29) is 72.4 Å². The summed E-state index contributed by atoms with van der Waals surface area (Å²) in [7, 11) is 5.51. The Morgan fingerprint density at radius 3 is 1.93 bits per heavy atom. The third-order valence-electron chi connectivity index (χ3n) is 20.9. The number of likely N-dealkylation sites (tertiary alicyclic amines) is 2. The van der Waals surface area contributed by atoms with Gasteiger partial charge in [0.15, 0.2) is 0 Å². The number of unbranched alkanes of at least 4 members (excludes halogenated alkanes) is 2. The van der Waals surface area contributed by atoms with Gasteiger partial charge in [-0.05, 0) is 171 Å². The Kier molecular flexibility index (Phi) is 28.2. The molecule has 3 heterocycles. The Morgan fingerprint density at radius 2 is 1.29 bits per heavy atom. The van der Waals surface area contributed by atoms with Crippen molar-refractivity contribution < 1.29 is 68.9 Å². The van der Waals surface area contributed by atoms with Gasteiger partial charge in [-0.25, -0.2) is 4.39 Å². The number of hydrogen-bond acceptors (Lipinski definition) is 11. The monoisotopic (exact) mass is 1460 g/mol. The van der Waals surface area contributed by atoms with Crippen LogP contribution in [-0.2, 0) is 71.3 Å². The number of esters is 1. The summed E-state index contributed by atoms with van der Waals surface area (Å²) in [5.41, 5.74) is 2.79. The molecule has 1 aliphatic carbocycles. The number of alkyl halides is 6. The van der Waals surface area contributed by atoms with Gasteiger partial charge in [-0.15, -0.1) is 0 Å². The van der Waals surface area contributed by atoms with Crippen molar-refractivity contribution in [3.05, 3.63) is 201 Å². The number of fused-ring (bicyclic) bond motifs is 2. The summed E-state index contributed by atoms with van der Waals surface area (Å²) in [4.78, 5) is 78.1. The molecule has 22 heteroatoms. The summed E-state index contributed by atoms with van der Waals surface area (Å²) in [5, 5.41) is 0. The fourth-order valence-corrected chi connectivity index (χ4v) is 14.9. The van der Waals surface area contributed by atoms with Crippen LogP contribution in [0.25, 0.3) is 11.1 Å². The van der Waals surface area contributed by atoms with Crippen LogP contribution in [0.2, 0.25) is 0 Å². The molecule has 568 valence electrons. The Morgan fingerprint density at radius 1 is 0.648 bits per heavy atom. The molecule has 0 unspecified atom stereocenters. The Bertz CT molecular complexity index is 3800. The number of benzene rings is 6. The molecular weight excluding hydrogens is 1360 g/mol. The van der Waals surface area contributed by atoms with Crippen molar-refractivity contribution in [2.45, 2.75) is 154 Å². The first-order valence-electron chi connectivity index (χ1n) is 37.0. The molecule has 6 aromatic rings. The van der Waals surface area contributed by atoms with Crippen LogP contribution in [0.1, 0.15) is 158 Å². The zero-order chi connectivity index (χ0) is 75.7. The highest BCUT2D eigenvalue weighted by Crippen LogP contribution is 2.49. The maximum Gasteiger partial charge on any atom is 0.416 e. The van der Waals surface area contributed by atoms with Crippen molar-refractivity contribution in [2.24, 2.45) is 5.41 Å². The molecule has 3 saturated heterocycles. The molecule has 0 aromatic heterocycles. The molecule has 3 fully saturated rings. The van der Waals surface area contributed by atoms with Gasteiger partial charge in [-0.1, -0.05) is 137 Å². The first-order valence-corrected chi connectivity index (χ1v) is 37.0. The van der Waals surface area contributed by atoms with Crippen LogP contribution in [0.4, 0.5) is 30.7 Å². The summed E-state index contributed by atoms with van der Waals surface area (Å²) < 4.78 is 114. The van der Waals surface area contributed by atoms with E-state index in [0.717, 1.165) is 124 Å². The minimum atomic E-state index is -5.11. The summed E-state index contributed by atoms with van der Waals surface area (Å²) in [6.07, 6.45) is -1.60. The lowest BCUT2D eigenvalue weighted by Gasteiger charge is -2.44. The van der Waals surface area contributed by atoms with E-state index in [4.69, 9.17) is 14.2 Å². The molecule has 2 atom stereocenters. The fraction of sp³-hybridized carbons (Fsp3) is 0.506. The quantitative estimate of drug-likeness (QED) is 0.0264. The maximum atomic E-state index is 14.0. The SMILES string of the molecule is CCCN(C)C(=O)c1ccc(CN(CCCCCC(=O)N(C)CCN2CCC(OC(=O)Cc3ccccc3-c3ccccc3)CC2)CC(C)(C)C)cc1.CCN(C)C(=O)CO[C@H]1Cc2ccccc2C12CCN(CC[C@@]1(c3ccc(F)cc3)CN(C(=O)c3cc(C(F)(F)F)cc(C(F)(F)F)c3)CO1)CC2. The fourth-order valence-electron chi connectivity index (χ4n) is 14.9. The van der Waals surface area contributed by atoms with Gasteiger partial charge >= 0.3 is 18.3 Å². The molecule has 1 spiro atoms. The van der Waals surface area contributed by atoms with E-state index >= 15 is 0 Å². The third kappa shape index (κ3) is 22.3. The number of rotatable bonds is 28. The second-order valence-electron chi connectivity index (χ2n) is 29.9. The predicted octanol–water partition coefficient (Wildman–Crippen LogP) is 15.0. The van der Waals surface area contributed by atoms with E-state index in [1.807, 2.05) is 86.6 Å². The molecule has 105 heavy (non-hydrogen) atoms. The van der Waals surface area contributed by atoms with Gasteiger partial charge < -0.3 is 43.6 Å². The first kappa shape index (κ1) is 81.1. The Hall–Kier alpha value is -8.02. The average Bonchev–Trinajstić information content (AvgIpc) is 1.62. The molecule has 4 amide bonds. The average molecular weight is 1460 g/mol. The largest absolute Gasteiger partial charge is 0.462 e. The van der Waals surface area contributed by atoms with Crippen LogP contribution in [0, 0.1) is 11.2 Å². The summed E-state index contributed by atoms with van der Waals surface area (Å²) >= 11 is 0.